The summed E-state index contributed by atoms with van der Waals surface area (Å²) in [5.74, 6) is 0.183. The van der Waals surface area contributed by atoms with E-state index in [2.05, 4.69) is 23.7 Å². The van der Waals surface area contributed by atoms with Crippen LogP contribution in [0.4, 0.5) is 0 Å². The third-order valence-electron chi connectivity index (χ3n) is 3.38. The normalized spacial score (nSPS) is 18.4. The Morgan fingerprint density at radius 2 is 2.22 bits per heavy atom. The van der Waals surface area contributed by atoms with Crippen LogP contribution in [0, 0.1) is 5.92 Å². The lowest BCUT2D eigenvalue weighted by atomic mass is 9.93. The number of thiazole rings is 1. The molecule has 1 saturated heterocycles. The van der Waals surface area contributed by atoms with Crippen molar-refractivity contribution >= 4 is 17.3 Å². The molecular weight excluding hydrogens is 248 g/mol. The minimum Gasteiger partial charge on any atom is -0.476 e. The summed E-state index contributed by atoms with van der Waals surface area (Å²) in [6, 6.07) is 0. The fraction of sp³-hybridized carbons (Fsp3) is 0.692. The van der Waals surface area contributed by atoms with E-state index in [1.54, 1.807) is 5.51 Å². The van der Waals surface area contributed by atoms with Crippen molar-refractivity contribution in [3.05, 3.63) is 16.1 Å². The third kappa shape index (κ3) is 3.09. The second kappa shape index (κ2) is 5.80. The number of carboxylic acid groups (broad SMARTS) is 1. The zero-order valence-electron chi connectivity index (χ0n) is 10.9. The average molecular weight is 268 g/mol. The predicted octanol–water partition coefficient (Wildman–Crippen LogP) is 2.68. The monoisotopic (exact) mass is 268 g/mol. The Kier molecular flexibility index (Phi) is 4.35. The van der Waals surface area contributed by atoms with Crippen LogP contribution in [-0.4, -0.2) is 40.6 Å². The molecule has 1 aliphatic heterocycles. The summed E-state index contributed by atoms with van der Waals surface area (Å²) >= 11 is 1.49. The molecule has 1 aromatic heterocycles. The number of rotatable bonds is 4. The molecule has 1 fully saturated rings. The van der Waals surface area contributed by atoms with Gasteiger partial charge in [0.1, 0.15) is 0 Å². The first-order valence-electron chi connectivity index (χ1n) is 6.47. The van der Waals surface area contributed by atoms with Gasteiger partial charge in [0, 0.05) is 11.4 Å². The van der Waals surface area contributed by atoms with E-state index in [4.69, 9.17) is 5.11 Å². The topological polar surface area (TPSA) is 53.4 Å². The zero-order valence-corrected chi connectivity index (χ0v) is 11.7. The molecule has 2 rings (SSSR count). The fourth-order valence-corrected chi connectivity index (χ4v) is 3.55. The molecule has 0 atom stereocenters. The smallest absolute Gasteiger partial charge is 0.355 e. The maximum atomic E-state index is 11.1. The number of carboxylic acids is 1. The Hall–Kier alpha value is -0.940. The first kappa shape index (κ1) is 13.5. The predicted molar refractivity (Wildman–Crippen MR) is 72.3 cm³/mol. The number of carbonyl (C=O) groups is 1. The van der Waals surface area contributed by atoms with Gasteiger partial charge < -0.3 is 10.0 Å². The van der Waals surface area contributed by atoms with Gasteiger partial charge in [-0.1, -0.05) is 13.8 Å². The second-order valence-electron chi connectivity index (χ2n) is 5.34. The SMILES string of the molecule is CC(C)CN1CCC(c2scnc2C(=O)O)CC1. The van der Waals surface area contributed by atoms with Gasteiger partial charge in [-0.15, -0.1) is 11.3 Å². The summed E-state index contributed by atoms with van der Waals surface area (Å²) in [6.45, 7) is 7.75. The van der Waals surface area contributed by atoms with Crippen LogP contribution in [0.3, 0.4) is 0 Å². The number of aromatic carboxylic acids is 1. The highest BCUT2D eigenvalue weighted by Gasteiger charge is 2.26. The molecule has 5 heteroatoms. The summed E-state index contributed by atoms with van der Waals surface area (Å²) in [7, 11) is 0. The van der Waals surface area contributed by atoms with E-state index in [0.717, 1.165) is 37.4 Å². The molecular formula is C13H20N2O2S. The Morgan fingerprint density at radius 3 is 2.78 bits per heavy atom. The van der Waals surface area contributed by atoms with Crippen LogP contribution in [0.2, 0.25) is 0 Å². The molecule has 0 amide bonds. The molecule has 1 N–H and O–H groups in total. The van der Waals surface area contributed by atoms with Crippen molar-refractivity contribution in [3.63, 3.8) is 0 Å². The highest BCUT2D eigenvalue weighted by Crippen LogP contribution is 2.33. The Balaban J connectivity index is 1.97. The molecule has 0 bridgehead atoms. The van der Waals surface area contributed by atoms with Crippen LogP contribution in [-0.2, 0) is 0 Å². The summed E-state index contributed by atoms with van der Waals surface area (Å²) in [4.78, 5) is 18.5. The minimum absolute atomic E-state index is 0.266. The first-order chi connectivity index (χ1) is 8.58. The molecule has 2 heterocycles. The molecule has 1 aromatic rings. The summed E-state index contributed by atoms with van der Waals surface area (Å²) in [6.07, 6.45) is 2.10. The van der Waals surface area contributed by atoms with Gasteiger partial charge in [-0.3, -0.25) is 0 Å². The number of aromatic nitrogens is 1. The van der Waals surface area contributed by atoms with Crippen molar-refractivity contribution in [2.75, 3.05) is 19.6 Å². The van der Waals surface area contributed by atoms with Gasteiger partial charge >= 0.3 is 5.97 Å². The van der Waals surface area contributed by atoms with E-state index in [1.165, 1.54) is 11.3 Å². The van der Waals surface area contributed by atoms with Crippen molar-refractivity contribution in [1.82, 2.24) is 9.88 Å². The van der Waals surface area contributed by atoms with Crippen LogP contribution in [0.25, 0.3) is 0 Å². The molecule has 4 nitrogen and oxygen atoms in total. The van der Waals surface area contributed by atoms with Crippen LogP contribution < -0.4 is 0 Å². The number of nitrogens with zero attached hydrogens (tertiary/aromatic N) is 2. The van der Waals surface area contributed by atoms with Crippen molar-refractivity contribution in [3.8, 4) is 0 Å². The Bertz CT molecular complexity index is 409. The Labute approximate surface area is 112 Å². The molecule has 18 heavy (non-hydrogen) atoms. The summed E-state index contributed by atoms with van der Waals surface area (Å²) in [5.41, 5.74) is 1.92. The van der Waals surface area contributed by atoms with E-state index in [0.29, 0.717) is 11.8 Å². The van der Waals surface area contributed by atoms with E-state index in [9.17, 15) is 4.79 Å². The van der Waals surface area contributed by atoms with Crippen LogP contribution in [0.15, 0.2) is 5.51 Å². The van der Waals surface area contributed by atoms with Gasteiger partial charge in [-0.2, -0.15) is 0 Å². The van der Waals surface area contributed by atoms with Crippen LogP contribution >= 0.6 is 11.3 Å². The minimum atomic E-state index is -0.893. The quantitative estimate of drug-likeness (QED) is 0.912. The molecule has 0 spiro atoms. The third-order valence-corrected chi connectivity index (χ3v) is 4.37. The lowest BCUT2D eigenvalue weighted by Crippen LogP contribution is -2.35. The van der Waals surface area contributed by atoms with E-state index >= 15 is 0 Å². The summed E-state index contributed by atoms with van der Waals surface area (Å²) < 4.78 is 0. The van der Waals surface area contributed by atoms with Gasteiger partial charge in [0.2, 0.25) is 0 Å². The standard InChI is InChI=1S/C13H20N2O2S/c1-9(2)7-15-5-3-10(4-6-15)12-11(13(16)17)14-8-18-12/h8-10H,3-7H2,1-2H3,(H,16,17). The highest BCUT2D eigenvalue weighted by atomic mass is 32.1. The number of likely N-dealkylation sites (tertiary alicyclic amines) is 1. The molecule has 1 aliphatic rings. The zero-order chi connectivity index (χ0) is 13.1. The lowest BCUT2D eigenvalue weighted by molar-refractivity contribution is 0.0689. The fourth-order valence-electron chi connectivity index (χ4n) is 2.60. The average Bonchev–Trinajstić information content (AvgIpc) is 2.78. The second-order valence-corrected chi connectivity index (χ2v) is 6.23. The number of hydrogen-bond donors (Lipinski definition) is 1. The van der Waals surface area contributed by atoms with E-state index in [-0.39, 0.29) is 5.69 Å². The van der Waals surface area contributed by atoms with E-state index < -0.39 is 5.97 Å². The van der Waals surface area contributed by atoms with Gasteiger partial charge in [0.05, 0.1) is 5.51 Å². The highest BCUT2D eigenvalue weighted by molar-refractivity contribution is 7.10. The molecule has 0 aromatic carbocycles. The van der Waals surface area contributed by atoms with Crippen LogP contribution in [0.1, 0.15) is 48.0 Å². The number of piperidine rings is 1. The van der Waals surface area contributed by atoms with E-state index in [1.807, 2.05) is 0 Å². The largest absolute Gasteiger partial charge is 0.476 e. The Morgan fingerprint density at radius 1 is 1.56 bits per heavy atom. The summed E-state index contributed by atoms with van der Waals surface area (Å²) in [5, 5.41) is 9.09. The maximum absolute atomic E-state index is 11.1. The molecule has 0 aliphatic carbocycles. The molecule has 0 saturated carbocycles. The number of hydrogen-bond acceptors (Lipinski definition) is 4. The van der Waals surface area contributed by atoms with Gasteiger partial charge in [0.15, 0.2) is 5.69 Å². The van der Waals surface area contributed by atoms with Crippen molar-refractivity contribution < 1.29 is 9.90 Å². The maximum Gasteiger partial charge on any atom is 0.355 e. The lowest BCUT2D eigenvalue weighted by Gasteiger charge is -2.32. The van der Waals surface area contributed by atoms with Crippen molar-refractivity contribution in [2.45, 2.75) is 32.6 Å². The van der Waals surface area contributed by atoms with Gasteiger partial charge in [-0.05, 0) is 37.8 Å². The molecule has 100 valence electrons. The molecule has 0 radical (unpaired) electrons. The molecule has 0 unspecified atom stereocenters. The van der Waals surface area contributed by atoms with Crippen molar-refractivity contribution in [1.29, 1.82) is 0 Å². The van der Waals surface area contributed by atoms with Crippen LogP contribution in [0.5, 0.6) is 0 Å². The first-order valence-corrected chi connectivity index (χ1v) is 7.35. The van der Waals surface area contributed by atoms with Gasteiger partial charge in [-0.25, -0.2) is 9.78 Å². The van der Waals surface area contributed by atoms with Gasteiger partial charge in [0.25, 0.3) is 0 Å². The van der Waals surface area contributed by atoms with Crippen molar-refractivity contribution in [2.24, 2.45) is 5.92 Å².